The van der Waals surface area contributed by atoms with E-state index in [4.69, 9.17) is 0 Å². The number of nitrogens with one attached hydrogen (secondary N) is 1. The first-order valence-electron chi connectivity index (χ1n) is 10.7. The van der Waals surface area contributed by atoms with Gasteiger partial charge in [-0.15, -0.1) is 10.2 Å². The minimum absolute atomic E-state index is 0.0147. The van der Waals surface area contributed by atoms with Crippen molar-refractivity contribution in [2.45, 2.75) is 35.8 Å². The molecule has 0 spiro atoms. The normalized spacial score (nSPS) is 14.1. The summed E-state index contributed by atoms with van der Waals surface area (Å²) in [7, 11) is 0. The summed E-state index contributed by atoms with van der Waals surface area (Å²) in [6.45, 7) is 0.603. The van der Waals surface area contributed by atoms with E-state index in [2.05, 4.69) is 37.2 Å². The van der Waals surface area contributed by atoms with Gasteiger partial charge in [0.1, 0.15) is 5.25 Å². The first kappa shape index (κ1) is 20.5. The molecule has 1 fully saturated rings. The van der Waals surface area contributed by atoms with Crippen molar-refractivity contribution in [3.05, 3.63) is 96.3 Å². The molecule has 0 saturated heterocycles. The standard InChI is InChI=1S/C25H23N5OS/c31-24(27-21-13-14-21)22(19-10-5-2-6-11-19)32-25-29-28-23(20-12-7-15-26-16-20)30(25)17-18-8-3-1-4-9-18/h1-12,15-16,21-22H,13-14,17H2,(H,27,31). The highest BCUT2D eigenvalue weighted by Gasteiger charge is 2.30. The molecule has 1 aliphatic carbocycles. The number of hydrogen-bond acceptors (Lipinski definition) is 5. The van der Waals surface area contributed by atoms with E-state index in [-0.39, 0.29) is 5.91 Å². The fourth-order valence-corrected chi connectivity index (χ4v) is 4.55. The van der Waals surface area contributed by atoms with Crippen molar-refractivity contribution in [2.75, 3.05) is 0 Å². The number of aromatic nitrogens is 4. The van der Waals surface area contributed by atoms with Gasteiger partial charge in [0, 0.05) is 24.0 Å². The molecule has 1 aliphatic rings. The van der Waals surface area contributed by atoms with Crippen LogP contribution in [0.4, 0.5) is 0 Å². The molecule has 0 aliphatic heterocycles. The second-order valence-corrected chi connectivity index (χ2v) is 8.88. The number of hydrogen-bond donors (Lipinski definition) is 1. The van der Waals surface area contributed by atoms with Crippen LogP contribution in [0.2, 0.25) is 0 Å². The van der Waals surface area contributed by atoms with Crippen LogP contribution in [-0.4, -0.2) is 31.7 Å². The summed E-state index contributed by atoms with van der Waals surface area (Å²) in [5.74, 6) is 0.750. The summed E-state index contributed by atoms with van der Waals surface area (Å²) in [5, 5.41) is 12.4. The Morgan fingerprint density at radius 2 is 1.75 bits per heavy atom. The summed E-state index contributed by atoms with van der Waals surface area (Å²) in [4.78, 5) is 17.4. The number of pyridine rings is 1. The van der Waals surface area contributed by atoms with Crippen LogP contribution in [-0.2, 0) is 11.3 Å². The highest BCUT2D eigenvalue weighted by Crippen LogP contribution is 2.37. The molecule has 2 aromatic carbocycles. The van der Waals surface area contributed by atoms with Crippen LogP contribution in [0.15, 0.2) is 90.3 Å². The van der Waals surface area contributed by atoms with Gasteiger partial charge < -0.3 is 5.32 Å². The Bertz CT molecular complexity index is 1180. The monoisotopic (exact) mass is 441 g/mol. The van der Waals surface area contributed by atoms with Gasteiger partial charge >= 0.3 is 0 Å². The molecule has 32 heavy (non-hydrogen) atoms. The fourth-order valence-electron chi connectivity index (χ4n) is 3.50. The van der Waals surface area contributed by atoms with Crippen molar-refractivity contribution in [3.8, 4) is 11.4 Å². The molecule has 2 aromatic heterocycles. The number of rotatable bonds is 8. The average Bonchev–Trinajstić information content (AvgIpc) is 3.58. The minimum Gasteiger partial charge on any atom is -0.352 e. The number of amides is 1. The molecular formula is C25H23N5OS. The van der Waals surface area contributed by atoms with Crippen LogP contribution < -0.4 is 5.32 Å². The molecular weight excluding hydrogens is 418 g/mol. The lowest BCUT2D eigenvalue weighted by Crippen LogP contribution is -2.30. The molecule has 2 heterocycles. The van der Waals surface area contributed by atoms with Crippen LogP contribution in [0, 0.1) is 0 Å². The molecule has 1 amide bonds. The van der Waals surface area contributed by atoms with Crippen molar-refractivity contribution in [1.82, 2.24) is 25.1 Å². The molecule has 5 rings (SSSR count). The lowest BCUT2D eigenvalue weighted by Gasteiger charge is -2.17. The van der Waals surface area contributed by atoms with Crippen LogP contribution in [0.1, 0.15) is 29.2 Å². The predicted octanol–water partition coefficient (Wildman–Crippen LogP) is 4.50. The third kappa shape index (κ3) is 4.73. The van der Waals surface area contributed by atoms with Crippen LogP contribution in [0.3, 0.4) is 0 Å². The van der Waals surface area contributed by atoms with E-state index in [1.165, 1.54) is 11.8 Å². The topological polar surface area (TPSA) is 72.7 Å². The molecule has 0 radical (unpaired) electrons. The first-order valence-corrected chi connectivity index (χ1v) is 11.6. The zero-order valence-corrected chi connectivity index (χ0v) is 18.3. The molecule has 6 nitrogen and oxygen atoms in total. The number of carbonyl (C=O) groups is 1. The lowest BCUT2D eigenvalue weighted by atomic mass is 10.1. The van der Waals surface area contributed by atoms with E-state index in [1.54, 1.807) is 12.4 Å². The van der Waals surface area contributed by atoms with Crippen LogP contribution >= 0.6 is 11.8 Å². The predicted molar refractivity (Wildman–Crippen MR) is 125 cm³/mol. The van der Waals surface area contributed by atoms with E-state index < -0.39 is 5.25 Å². The molecule has 7 heteroatoms. The zero-order chi connectivity index (χ0) is 21.8. The quantitative estimate of drug-likeness (QED) is 0.408. The van der Waals surface area contributed by atoms with Crippen LogP contribution in [0.5, 0.6) is 0 Å². The fraction of sp³-hybridized carbons (Fsp3) is 0.200. The van der Waals surface area contributed by atoms with E-state index in [9.17, 15) is 4.79 Å². The minimum atomic E-state index is -0.405. The smallest absolute Gasteiger partial charge is 0.238 e. The van der Waals surface area contributed by atoms with E-state index in [0.29, 0.717) is 17.7 Å². The first-order chi connectivity index (χ1) is 15.8. The van der Waals surface area contributed by atoms with Gasteiger partial charge in [-0.05, 0) is 36.1 Å². The van der Waals surface area contributed by atoms with Crippen molar-refractivity contribution >= 4 is 17.7 Å². The van der Waals surface area contributed by atoms with Gasteiger partial charge in [0.15, 0.2) is 11.0 Å². The maximum atomic E-state index is 13.1. The Morgan fingerprint density at radius 3 is 2.44 bits per heavy atom. The van der Waals surface area contributed by atoms with Crippen LogP contribution in [0.25, 0.3) is 11.4 Å². The Morgan fingerprint density at radius 1 is 1.00 bits per heavy atom. The number of carbonyl (C=O) groups excluding carboxylic acids is 1. The Hall–Kier alpha value is -3.45. The summed E-state index contributed by atoms with van der Waals surface area (Å²) < 4.78 is 2.07. The van der Waals surface area contributed by atoms with Crippen molar-refractivity contribution in [3.63, 3.8) is 0 Å². The molecule has 4 aromatic rings. The number of nitrogens with zero attached hydrogens (tertiary/aromatic N) is 4. The SMILES string of the molecule is O=C(NC1CC1)C(Sc1nnc(-c2cccnc2)n1Cc1ccccc1)c1ccccc1. The Kier molecular flexibility index (Phi) is 5.98. The summed E-state index contributed by atoms with van der Waals surface area (Å²) >= 11 is 1.44. The number of benzene rings is 2. The van der Waals surface area contributed by atoms with Crippen molar-refractivity contribution in [2.24, 2.45) is 0 Å². The van der Waals surface area contributed by atoms with Crippen molar-refractivity contribution in [1.29, 1.82) is 0 Å². The highest BCUT2D eigenvalue weighted by molar-refractivity contribution is 8.00. The van der Waals surface area contributed by atoms with Gasteiger partial charge in [-0.2, -0.15) is 0 Å². The zero-order valence-electron chi connectivity index (χ0n) is 17.5. The second-order valence-electron chi connectivity index (χ2n) is 7.81. The molecule has 160 valence electrons. The molecule has 1 atom stereocenters. The van der Waals surface area contributed by atoms with E-state index in [0.717, 1.165) is 35.4 Å². The molecule has 1 N–H and O–H groups in total. The highest BCUT2D eigenvalue weighted by atomic mass is 32.2. The van der Waals surface area contributed by atoms with Crippen molar-refractivity contribution < 1.29 is 4.79 Å². The van der Waals surface area contributed by atoms with Gasteiger partial charge in [0.05, 0.1) is 6.54 Å². The largest absolute Gasteiger partial charge is 0.352 e. The third-order valence-corrected chi connectivity index (χ3v) is 6.54. The maximum absolute atomic E-state index is 13.1. The lowest BCUT2D eigenvalue weighted by molar-refractivity contribution is -0.120. The molecule has 1 saturated carbocycles. The van der Waals surface area contributed by atoms with Gasteiger partial charge in [0.2, 0.25) is 5.91 Å². The number of thioether (sulfide) groups is 1. The average molecular weight is 442 g/mol. The third-order valence-electron chi connectivity index (χ3n) is 5.31. The summed E-state index contributed by atoms with van der Waals surface area (Å²) in [6.07, 6.45) is 5.62. The van der Waals surface area contributed by atoms with E-state index >= 15 is 0 Å². The second kappa shape index (κ2) is 9.36. The Balaban J connectivity index is 1.52. The summed E-state index contributed by atoms with van der Waals surface area (Å²) in [6, 6.07) is 24.2. The Labute approximate surface area is 191 Å². The molecule has 0 bridgehead atoms. The van der Waals surface area contributed by atoms with Gasteiger partial charge in [0.25, 0.3) is 0 Å². The van der Waals surface area contributed by atoms with Gasteiger partial charge in [-0.3, -0.25) is 14.3 Å². The summed E-state index contributed by atoms with van der Waals surface area (Å²) in [5.41, 5.74) is 2.98. The van der Waals surface area contributed by atoms with Gasteiger partial charge in [-0.1, -0.05) is 72.4 Å². The van der Waals surface area contributed by atoms with E-state index in [1.807, 2.05) is 60.7 Å². The van der Waals surface area contributed by atoms with Gasteiger partial charge in [-0.25, -0.2) is 0 Å². The molecule has 1 unspecified atom stereocenters. The maximum Gasteiger partial charge on any atom is 0.238 e.